The van der Waals surface area contributed by atoms with Gasteiger partial charge in [0, 0.05) is 0 Å². The first-order valence-corrected chi connectivity index (χ1v) is 10.3. The van der Waals surface area contributed by atoms with Gasteiger partial charge in [0.15, 0.2) is 0 Å². The maximum Gasteiger partial charge on any atom is -1.00 e. The second kappa shape index (κ2) is 9.43. The third-order valence-corrected chi connectivity index (χ3v) is 9.84. The third-order valence-electron chi connectivity index (χ3n) is 4.61. The summed E-state index contributed by atoms with van der Waals surface area (Å²) in [6.45, 7) is 14.0. The molecule has 0 aromatic carbocycles. The SMILES string of the molecule is CCC1=CC(C)=[C]([Ti+2]([C]2=C(C)C=C(CC)C2)=[C](C)C)C1.[Cl-].[Cl-]. The quantitative estimate of drug-likeness (QED) is 0.600. The van der Waals surface area contributed by atoms with Gasteiger partial charge in [-0.2, -0.15) is 0 Å². The predicted octanol–water partition coefficient (Wildman–Crippen LogP) is -0.147. The van der Waals surface area contributed by atoms with Gasteiger partial charge in [0.2, 0.25) is 0 Å². The van der Waals surface area contributed by atoms with Crippen molar-refractivity contribution in [3.8, 4) is 0 Å². The molecule has 0 atom stereocenters. The minimum atomic E-state index is -1.39. The first-order valence-electron chi connectivity index (χ1n) is 7.94. The summed E-state index contributed by atoms with van der Waals surface area (Å²) in [6, 6.07) is 0. The van der Waals surface area contributed by atoms with Gasteiger partial charge >= 0.3 is 131 Å². The van der Waals surface area contributed by atoms with Crippen LogP contribution in [-0.4, -0.2) is 3.81 Å². The molecule has 0 nitrogen and oxygen atoms in total. The molecule has 0 unspecified atom stereocenters. The molecule has 122 valence electrons. The van der Waals surface area contributed by atoms with Crippen LogP contribution in [0.25, 0.3) is 0 Å². The molecule has 0 spiro atoms. The third kappa shape index (κ3) is 4.57. The van der Waals surface area contributed by atoms with E-state index >= 15 is 0 Å². The molecule has 0 saturated carbocycles. The number of halogens is 2. The van der Waals surface area contributed by atoms with E-state index in [9.17, 15) is 0 Å². The van der Waals surface area contributed by atoms with E-state index < -0.39 is 17.4 Å². The van der Waals surface area contributed by atoms with Gasteiger partial charge in [-0.25, -0.2) is 0 Å². The monoisotopic (exact) mass is 374 g/mol. The van der Waals surface area contributed by atoms with Crippen LogP contribution < -0.4 is 24.8 Å². The van der Waals surface area contributed by atoms with Gasteiger partial charge in [0.05, 0.1) is 0 Å². The van der Waals surface area contributed by atoms with E-state index in [4.69, 9.17) is 0 Å². The zero-order valence-electron chi connectivity index (χ0n) is 14.7. The average molecular weight is 375 g/mol. The van der Waals surface area contributed by atoms with Crippen molar-refractivity contribution in [2.24, 2.45) is 0 Å². The van der Waals surface area contributed by atoms with Crippen LogP contribution in [0.3, 0.4) is 0 Å². The molecule has 2 aliphatic carbocycles. The van der Waals surface area contributed by atoms with E-state index in [1.165, 1.54) is 25.7 Å². The smallest absolute Gasteiger partial charge is 1.00 e. The van der Waals surface area contributed by atoms with E-state index in [0.29, 0.717) is 0 Å². The standard InChI is InChI=1S/2C8H11.C3H6.2ClH.Ti/c2*1-3-8-5-4-7(2)6-8;1-3-2;;;/h2*6H,3,5H2,1-2H3;1-2H3;2*1H;/q;;;;;+2/p-2. The van der Waals surface area contributed by atoms with E-state index in [1.807, 2.05) is 7.76 Å². The number of rotatable bonds is 4. The van der Waals surface area contributed by atoms with E-state index in [1.54, 1.807) is 26.1 Å². The van der Waals surface area contributed by atoms with Crippen LogP contribution in [-0.2, 0) is 17.4 Å². The number of allylic oxidation sites excluding steroid dienone is 8. The summed E-state index contributed by atoms with van der Waals surface area (Å²) in [5.41, 5.74) is 6.46. The maximum absolute atomic E-state index is 2.46. The average Bonchev–Trinajstić information content (AvgIpc) is 2.94. The molecule has 0 amide bonds. The Balaban J connectivity index is 0.00000220. The Labute approximate surface area is 155 Å². The van der Waals surface area contributed by atoms with Gasteiger partial charge in [-0.1, -0.05) is 0 Å². The van der Waals surface area contributed by atoms with Crippen molar-refractivity contribution >= 4 is 3.81 Å². The van der Waals surface area contributed by atoms with E-state index in [2.05, 4.69) is 53.7 Å². The zero-order valence-corrected chi connectivity index (χ0v) is 17.8. The molecule has 0 radical (unpaired) electrons. The van der Waals surface area contributed by atoms with Gasteiger partial charge in [-0.15, -0.1) is 0 Å². The van der Waals surface area contributed by atoms with Crippen LogP contribution in [0.2, 0.25) is 0 Å². The topological polar surface area (TPSA) is 0 Å². The van der Waals surface area contributed by atoms with Crippen LogP contribution in [0.5, 0.6) is 0 Å². The summed E-state index contributed by atoms with van der Waals surface area (Å²) in [6.07, 6.45) is 9.88. The Kier molecular flexibility index (Phi) is 9.48. The molecular weight excluding hydrogens is 347 g/mol. The first kappa shape index (κ1) is 22.1. The molecule has 0 fully saturated rings. The molecule has 0 aromatic rings. The fraction of sp³-hybridized carbons (Fsp3) is 0.526. The minimum absolute atomic E-state index is 0. The van der Waals surface area contributed by atoms with Crippen molar-refractivity contribution in [1.29, 1.82) is 0 Å². The summed E-state index contributed by atoms with van der Waals surface area (Å²) < 4.78 is 5.36. The van der Waals surface area contributed by atoms with Gasteiger partial charge in [0.1, 0.15) is 0 Å². The molecule has 2 aliphatic rings. The predicted molar refractivity (Wildman–Crippen MR) is 87.7 cm³/mol. The van der Waals surface area contributed by atoms with Gasteiger partial charge < -0.3 is 24.8 Å². The molecule has 0 saturated heterocycles. The zero-order chi connectivity index (χ0) is 14.9. The van der Waals surface area contributed by atoms with Crippen molar-refractivity contribution in [3.05, 3.63) is 42.2 Å². The second-order valence-electron chi connectivity index (χ2n) is 6.36. The van der Waals surface area contributed by atoms with Crippen LogP contribution in [0.1, 0.15) is 67.2 Å². The molecule has 22 heavy (non-hydrogen) atoms. The Morgan fingerprint density at radius 3 is 1.45 bits per heavy atom. The van der Waals surface area contributed by atoms with Crippen molar-refractivity contribution in [2.75, 3.05) is 0 Å². The van der Waals surface area contributed by atoms with Gasteiger partial charge in [0.25, 0.3) is 0 Å². The van der Waals surface area contributed by atoms with Crippen LogP contribution in [0, 0.1) is 0 Å². The van der Waals surface area contributed by atoms with Gasteiger partial charge in [-0.3, -0.25) is 0 Å². The van der Waals surface area contributed by atoms with Crippen LogP contribution >= 0.6 is 0 Å². The summed E-state index contributed by atoms with van der Waals surface area (Å²) in [5.74, 6) is 0. The molecule has 3 heteroatoms. The van der Waals surface area contributed by atoms with E-state index in [0.717, 1.165) is 0 Å². The molecule has 0 heterocycles. The fourth-order valence-electron chi connectivity index (χ4n) is 3.43. The molecule has 2 rings (SSSR count). The summed E-state index contributed by atoms with van der Waals surface area (Å²) in [7, 11) is 0. The Morgan fingerprint density at radius 1 is 0.864 bits per heavy atom. The first-order chi connectivity index (χ1) is 9.47. The molecule has 0 bridgehead atoms. The van der Waals surface area contributed by atoms with E-state index in [-0.39, 0.29) is 24.8 Å². The fourth-order valence-corrected chi connectivity index (χ4v) is 8.60. The summed E-state index contributed by atoms with van der Waals surface area (Å²) >= 11 is -1.39. The van der Waals surface area contributed by atoms with Crippen molar-refractivity contribution in [1.82, 2.24) is 0 Å². The minimum Gasteiger partial charge on any atom is -1.00 e. The summed E-state index contributed by atoms with van der Waals surface area (Å²) in [4.78, 5) is 0. The molecule has 0 aromatic heterocycles. The largest absolute Gasteiger partial charge is 1.00 e. The number of hydrogen-bond donors (Lipinski definition) is 0. The van der Waals surface area contributed by atoms with Crippen LogP contribution in [0.4, 0.5) is 0 Å². The molecule has 0 aliphatic heterocycles. The van der Waals surface area contributed by atoms with Gasteiger partial charge in [-0.05, 0) is 0 Å². The molecule has 0 N–H and O–H groups in total. The number of hydrogen-bond acceptors (Lipinski definition) is 0. The Morgan fingerprint density at radius 2 is 1.23 bits per heavy atom. The molecular formula is C19H28Cl2Ti. The second-order valence-corrected chi connectivity index (χ2v) is 11.0. The van der Waals surface area contributed by atoms with Crippen molar-refractivity contribution in [2.45, 2.75) is 67.2 Å². The Hall–Kier alpha value is 0.124. The summed E-state index contributed by atoms with van der Waals surface area (Å²) in [5, 5.41) is 0. The maximum atomic E-state index is 2.46. The van der Waals surface area contributed by atoms with Crippen LogP contribution in [0.15, 0.2) is 42.2 Å². The van der Waals surface area contributed by atoms with Crippen molar-refractivity contribution < 1.29 is 42.2 Å². The normalized spacial score (nSPS) is 16.6. The van der Waals surface area contributed by atoms with Crippen molar-refractivity contribution in [3.63, 3.8) is 0 Å². The Bertz CT molecular complexity index is 537.